The summed E-state index contributed by atoms with van der Waals surface area (Å²) in [4.78, 5) is 1.24. The Balaban J connectivity index is 2.32. The quantitative estimate of drug-likeness (QED) is 0.763. The fraction of sp³-hybridized carbons (Fsp3) is 0.385. The van der Waals surface area contributed by atoms with Crippen LogP contribution in [-0.4, -0.2) is 6.54 Å². The molecule has 0 aliphatic rings. The summed E-state index contributed by atoms with van der Waals surface area (Å²) in [7, 11) is 0. The molecule has 5 heteroatoms. The Labute approximate surface area is 128 Å². The first-order valence-electron chi connectivity index (χ1n) is 5.92. The third-order valence-electron chi connectivity index (χ3n) is 2.67. The van der Waals surface area contributed by atoms with Crippen molar-refractivity contribution in [2.75, 3.05) is 6.54 Å². The smallest absolute Gasteiger partial charge is 0.126 e. The van der Waals surface area contributed by atoms with Gasteiger partial charge in [-0.05, 0) is 56.6 Å². The summed E-state index contributed by atoms with van der Waals surface area (Å²) in [6.07, 6.45) is 0.927. The summed E-state index contributed by atoms with van der Waals surface area (Å²) in [6.45, 7) is 5.11. The molecule has 2 nitrogen and oxygen atoms in total. The predicted molar refractivity (Wildman–Crippen MR) is 83.3 cm³/mol. The highest BCUT2D eigenvalue weighted by atomic mass is 79.9. The van der Waals surface area contributed by atoms with Crippen molar-refractivity contribution in [3.05, 3.63) is 42.9 Å². The van der Waals surface area contributed by atoms with E-state index in [9.17, 15) is 0 Å². The molecule has 2 heterocycles. The Hall–Kier alpha value is -0.1000. The molecule has 18 heavy (non-hydrogen) atoms. The highest BCUT2D eigenvalue weighted by Crippen LogP contribution is 2.37. The van der Waals surface area contributed by atoms with Gasteiger partial charge in [0.2, 0.25) is 0 Å². The van der Waals surface area contributed by atoms with Gasteiger partial charge in [0.25, 0.3) is 0 Å². The molecule has 2 aromatic heterocycles. The SMILES string of the molecule is CCNC(c1ccc(CC)o1)c1cc(Br)c(Br)s1. The maximum absolute atomic E-state index is 5.86. The predicted octanol–water partition coefficient (Wildman–Crippen LogP) is 5.13. The molecule has 1 unspecified atom stereocenters. The second kappa shape index (κ2) is 6.37. The van der Waals surface area contributed by atoms with E-state index in [1.807, 2.05) is 0 Å². The largest absolute Gasteiger partial charge is 0.464 e. The Morgan fingerprint density at radius 3 is 2.61 bits per heavy atom. The molecular formula is C13H15Br2NOS. The minimum absolute atomic E-state index is 0.128. The molecule has 0 saturated heterocycles. The number of furan rings is 1. The van der Waals surface area contributed by atoms with E-state index in [4.69, 9.17) is 4.42 Å². The fourth-order valence-corrected chi connectivity index (χ4v) is 3.96. The Morgan fingerprint density at radius 2 is 2.11 bits per heavy atom. The zero-order valence-electron chi connectivity index (χ0n) is 10.3. The minimum atomic E-state index is 0.128. The van der Waals surface area contributed by atoms with E-state index in [-0.39, 0.29) is 6.04 Å². The number of aryl methyl sites for hydroxylation is 1. The average Bonchev–Trinajstić information content (AvgIpc) is 2.94. The first kappa shape index (κ1) is 14.3. The highest BCUT2D eigenvalue weighted by molar-refractivity contribution is 9.13. The summed E-state index contributed by atoms with van der Waals surface area (Å²) in [6, 6.07) is 6.38. The van der Waals surface area contributed by atoms with E-state index >= 15 is 0 Å². The van der Waals surface area contributed by atoms with Gasteiger partial charge in [-0.15, -0.1) is 11.3 Å². The number of rotatable bonds is 5. The lowest BCUT2D eigenvalue weighted by Crippen LogP contribution is -2.20. The molecule has 0 aromatic carbocycles. The van der Waals surface area contributed by atoms with Gasteiger partial charge in [-0.2, -0.15) is 0 Å². The lowest BCUT2D eigenvalue weighted by molar-refractivity contribution is 0.428. The zero-order valence-corrected chi connectivity index (χ0v) is 14.3. The van der Waals surface area contributed by atoms with E-state index in [0.717, 1.165) is 32.7 Å². The molecule has 0 bridgehead atoms. The maximum Gasteiger partial charge on any atom is 0.126 e. The molecule has 2 aromatic rings. The number of nitrogens with one attached hydrogen (secondary N) is 1. The topological polar surface area (TPSA) is 25.2 Å². The third-order valence-corrected chi connectivity index (χ3v) is 5.99. The van der Waals surface area contributed by atoms with Gasteiger partial charge >= 0.3 is 0 Å². The van der Waals surface area contributed by atoms with Gasteiger partial charge in [-0.1, -0.05) is 13.8 Å². The van der Waals surface area contributed by atoms with Crippen molar-refractivity contribution in [3.8, 4) is 0 Å². The van der Waals surface area contributed by atoms with Crippen LogP contribution in [0.4, 0.5) is 0 Å². The average molecular weight is 393 g/mol. The molecule has 1 N–H and O–H groups in total. The van der Waals surface area contributed by atoms with Gasteiger partial charge in [-0.3, -0.25) is 0 Å². The van der Waals surface area contributed by atoms with Crippen LogP contribution in [0, 0.1) is 0 Å². The van der Waals surface area contributed by atoms with Gasteiger partial charge in [-0.25, -0.2) is 0 Å². The van der Waals surface area contributed by atoms with Crippen LogP contribution in [0.5, 0.6) is 0 Å². The second-order valence-electron chi connectivity index (χ2n) is 3.92. The van der Waals surface area contributed by atoms with E-state index in [0.29, 0.717) is 0 Å². The number of thiophene rings is 1. The van der Waals surface area contributed by atoms with E-state index in [1.54, 1.807) is 11.3 Å². The van der Waals surface area contributed by atoms with Crippen molar-refractivity contribution in [2.24, 2.45) is 0 Å². The van der Waals surface area contributed by atoms with Crippen molar-refractivity contribution in [1.29, 1.82) is 0 Å². The lowest BCUT2D eigenvalue weighted by atomic mass is 10.2. The molecule has 0 amide bonds. The van der Waals surface area contributed by atoms with Crippen LogP contribution in [0.1, 0.15) is 36.3 Å². The van der Waals surface area contributed by atoms with Gasteiger partial charge in [0.15, 0.2) is 0 Å². The van der Waals surface area contributed by atoms with Gasteiger partial charge in [0, 0.05) is 15.8 Å². The maximum atomic E-state index is 5.86. The molecule has 0 aliphatic carbocycles. The molecule has 0 fully saturated rings. The lowest BCUT2D eigenvalue weighted by Gasteiger charge is -2.13. The van der Waals surface area contributed by atoms with Crippen LogP contribution in [0.15, 0.2) is 30.9 Å². The minimum Gasteiger partial charge on any atom is -0.464 e. The molecule has 0 radical (unpaired) electrons. The summed E-state index contributed by atoms with van der Waals surface area (Å²) in [5, 5.41) is 3.47. The van der Waals surface area contributed by atoms with Crippen LogP contribution in [0.2, 0.25) is 0 Å². The zero-order chi connectivity index (χ0) is 13.1. The van der Waals surface area contributed by atoms with E-state index in [1.165, 1.54) is 4.88 Å². The molecule has 2 rings (SSSR count). The van der Waals surface area contributed by atoms with Crippen molar-refractivity contribution in [1.82, 2.24) is 5.32 Å². The summed E-state index contributed by atoms with van der Waals surface area (Å²) >= 11 is 8.79. The second-order valence-corrected chi connectivity index (χ2v) is 7.17. The summed E-state index contributed by atoms with van der Waals surface area (Å²) in [5.41, 5.74) is 0. The molecule has 0 saturated carbocycles. The third kappa shape index (κ3) is 3.07. The van der Waals surface area contributed by atoms with Gasteiger partial charge in [0.05, 0.1) is 3.79 Å². The highest BCUT2D eigenvalue weighted by Gasteiger charge is 2.20. The molecular weight excluding hydrogens is 378 g/mol. The van der Waals surface area contributed by atoms with Crippen molar-refractivity contribution in [2.45, 2.75) is 26.3 Å². The number of halogens is 2. The van der Waals surface area contributed by atoms with Crippen LogP contribution >= 0.6 is 43.2 Å². The van der Waals surface area contributed by atoms with E-state index in [2.05, 4.69) is 69.2 Å². The molecule has 0 aliphatic heterocycles. The Kier molecular flexibility index (Phi) is 5.06. The molecule has 0 spiro atoms. The van der Waals surface area contributed by atoms with Crippen molar-refractivity contribution < 1.29 is 4.42 Å². The fourth-order valence-electron chi connectivity index (χ4n) is 1.79. The van der Waals surface area contributed by atoms with Crippen LogP contribution in [0.3, 0.4) is 0 Å². The van der Waals surface area contributed by atoms with Crippen molar-refractivity contribution >= 4 is 43.2 Å². The summed E-state index contributed by atoms with van der Waals surface area (Å²) in [5.74, 6) is 2.01. The summed E-state index contributed by atoms with van der Waals surface area (Å²) < 4.78 is 8.07. The van der Waals surface area contributed by atoms with E-state index < -0.39 is 0 Å². The number of hydrogen-bond acceptors (Lipinski definition) is 3. The van der Waals surface area contributed by atoms with Gasteiger partial charge < -0.3 is 9.73 Å². The Bertz CT molecular complexity index is 501. The standard InChI is InChI=1S/C13H15Br2NOS/c1-3-8-5-6-10(17-8)12(16-4-2)11-7-9(14)13(15)18-11/h5-7,12,16H,3-4H2,1-2H3. The van der Waals surface area contributed by atoms with Crippen LogP contribution in [0.25, 0.3) is 0 Å². The molecule has 98 valence electrons. The first-order chi connectivity index (χ1) is 8.65. The normalized spacial score (nSPS) is 12.9. The molecule has 1 atom stereocenters. The number of hydrogen-bond donors (Lipinski definition) is 1. The van der Waals surface area contributed by atoms with Gasteiger partial charge in [0.1, 0.15) is 17.6 Å². The Morgan fingerprint density at radius 1 is 1.33 bits per heavy atom. The monoisotopic (exact) mass is 391 g/mol. The van der Waals surface area contributed by atoms with Crippen molar-refractivity contribution in [3.63, 3.8) is 0 Å². The van der Waals surface area contributed by atoms with Crippen LogP contribution < -0.4 is 5.32 Å². The first-order valence-corrected chi connectivity index (χ1v) is 8.32. The van der Waals surface area contributed by atoms with Crippen LogP contribution in [-0.2, 0) is 6.42 Å².